The minimum Gasteiger partial charge on any atom is -0.399 e. The van der Waals surface area contributed by atoms with Crippen molar-refractivity contribution in [3.63, 3.8) is 0 Å². The molecule has 0 spiro atoms. The molecular weight excluding hydrogens is 266 g/mol. The molecule has 0 bridgehead atoms. The van der Waals surface area contributed by atoms with E-state index in [1.54, 1.807) is 11.3 Å². The van der Waals surface area contributed by atoms with Crippen molar-refractivity contribution < 1.29 is 0 Å². The molecule has 1 aromatic heterocycles. The van der Waals surface area contributed by atoms with Gasteiger partial charge in [0.25, 0.3) is 0 Å². The number of aromatic nitrogens is 1. The zero-order valence-corrected chi connectivity index (χ0v) is 11.7. The summed E-state index contributed by atoms with van der Waals surface area (Å²) >= 11 is 1.63. The predicted octanol–water partition coefficient (Wildman–Crippen LogP) is 3.52. The molecule has 0 saturated carbocycles. The second-order valence-corrected chi connectivity index (χ2v) is 5.42. The fourth-order valence-corrected chi connectivity index (χ4v) is 2.86. The van der Waals surface area contributed by atoms with Gasteiger partial charge in [-0.05, 0) is 17.7 Å². The average molecular weight is 281 g/mol. The Hall–Kier alpha value is -2.17. The molecule has 0 aliphatic heterocycles. The molecule has 4 N–H and O–H groups in total. The largest absolute Gasteiger partial charge is 0.399 e. The summed E-state index contributed by atoms with van der Waals surface area (Å²) in [6, 6.07) is 16.0. The number of nitrogens with two attached hydrogens (primary N) is 2. The molecule has 0 amide bonds. The van der Waals surface area contributed by atoms with E-state index < -0.39 is 0 Å². The third kappa shape index (κ3) is 2.57. The van der Waals surface area contributed by atoms with Crippen molar-refractivity contribution >= 4 is 17.0 Å². The highest BCUT2D eigenvalue weighted by molar-refractivity contribution is 7.13. The van der Waals surface area contributed by atoms with Crippen LogP contribution in [0.1, 0.15) is 5.56 Å². The predicted molar refractivity (Wildman–Crippen MR) is 85.3 cm³/mol. The van der Waals surface area contributed by atoms with Gasteiger partial charge in [-0.3, -0.25) is 0 Å². The van der Waals surface area contributed by atoms with Crippen LogP contribution in [0.3, 0.4) is 0 Å². The summed E-state index contributed by atoms with van der Waals surface area (Å²) in [6.45, 7) is 0.562. The van der Waals surface area contributed by atoms with E-state index in [4.69, 9.17) is 11.5 Å². The second-order valence-electron chi connectivity index (χ2n) is 4.56. The van der Waals surface area contributed by atoms with Crippen LogP contribution in [0.25, 0.3) is 21.8 Å². The van der Waals surface area contributed by atoms with Crippen LogP contribution in [-0.2, 0) is 6.54 Å². The van der Waals surface area contributed by atoms with Crippen LogP contribution in [0.5, 0.6) is 0 Å². The van der Waals surface area contributed by atoms with Crippen LogP contribution in [0.2, 0.25) is 0 Å². The van der Waals surface area contributed by atoms with Gasteiger partial charge >= 0.3 is 0 Å². The first-order chi connectivity index (χ1) is 9.76. The molecule has 3 aromatic rings. The maximum absolute atomic E-state index is 5.81. The SMILES string of the molecule is NCc1ccc(-c2nc(-c3cccc(N)c3)cs2)cc1. The molecule has 100 valence electrons. The number of hydrogen-bond acceptors (Lipinski definition) is 4. The van der Waals surface area contributed by atoms with Gasteiger partial charge in [0.1, 0.15) is 5.01 Å². The highest BCUT2D eigenvalue weighted by Gasteiger charge is 2.06. The lowest BCUT2D eigenvalue weighted by Crippen LogP contribution is -1.95. The Bertz CT molecular complexity index is 717. The van der Waals surface area contributed by atoms with E-state index in [-0.39, 0.29) is 0 Å². The van der Waals surface area contributed by atoms with E-state index in [9.17, 15) is 0 Å². The molecule has 0 aliphatic carbocycles. The Labute approximate surface area is 121 Å². The van der Waals surface area contributed by atoms with E-state index in [0.717, 1.165) is 33.1 Å². The average Bonchev–Trinajstić information content (AvgIpc) is 2.97. The van der Waals surface area contributed by atoms with E-state index in [2.05, 4.69) is 22.5 Å². The molecule has 4 heteroatoms. The minimum absolute atomic E-state index is 0.562. The van der Waals surface area contributed by atoms with Crippen LogP contribution in [0, 0.1) is 0 Å². The molecule has 0 atom stereocenters. The van der Waals surface area contributed by atoms with Crippen LogP contribution in [-0.4, -0.2) is 4.98 Å². The third-order valence-corrected chi connectivity index (χ3v) is 4.01. The Kier molecular flexibility index (Phi) is 3.50. The third-order valence-electron chi connectivity index (χ3n) is 3.12. The number of rotatable bonds is 3. The van der Waals surface area contributed by atoms with Gasteiger partial charge in [-0.25, -0.2) is 4.98 Å². The van der Waals surface area contributed by atoms with E-state index in [1.165, 1.54) is 0 Å². The van der Waals surface area contributed by atoms with E-state index in [0.29, 0.717) is 6.54 Å². The van der Waals surface area contributed by atoms with E-state index in [1.807, 2.05) is 36.4 Å². The number of thiazole rings is 1. The molecule has 0 radical (unpaired) electrons. The molecule has 2 aromatic carbocycles. The highest BCUT2D eigenvalue weighted by atomic mass is 32.1. The molecule has 3 nitrogen and oxygen atoms in total. The number of hydrogen-bond donors (Lipinski definition) is 2. The van der Waals surface area contributed by atoms with Crippen molar-refractivity contribution in [2.75, 3.05) is 5.73 Å². The zero-order valence-electron chi connectivity index (χ0n) is 10.9. The zero-order chi connectivity index (χ0) is 13.9. The lowest BCUT2D eigenvalue weighted by atomic mass is 10.1. The van der Waals surface area contributed by atoms with Gasteiger partial charge in [0.2, 0.25) is 0 Å². The van der Waals surface area contributed by atoms with Gasteiger partial charge in [-0.15, -0.1) is 11.3 Å². The fraction of sp³-hybridized carbons (Fsp3) is 0.0625. The van der Waals surface area contributed by atoms with Gasteiger partial charge in [0, 0.05) is 28.7 Å². The molecule has 0 aliphatic rings. The van der Waals surface area contributed by atoms with Gasteiger partial charge in [0.15, 0.2) is 0 Å². The fourth-order valence-electron chi connectivity index (χ4n) is 2.02. The van der Waals surface area contributed by atoms with Gasteiger partial charge in [-0.2, -0.15) is 0 Å². The number of anilines is 1. The quantitative estimate of drug-likeness (QED) is 0.722. The monoisotopic (exact) mass is 281 g/mol. The van der Waals surface area contributed by atoms with Gasteiger partial charge in [0.05, 0.1) is 5.69 Å². The second kappa shape index (κ2) is 5.45. The van der Waals surface area contributed by atoms with Crippen LogP contribution >= 0.6 is 11.3 Å². The Morgan fingerprint density at radius 1 is 1.00 bits per heavy atom. The molecule has 0 saturated heterocycles. The van der Waals surface area contributed by atoms with Crippen LogP contribution in [0.15, 0.2) is 53.9 Å². The normalized spacial score (nSPS) is 10.7. The lowest BCUT2D eigenvalue weighted by molar-refractivity contribution is 1.07. The van der Waals surface area contributed by atoms with Crippen molar-refractivity contribution in [3.8, 4) is 21.8 Å². The lowest BCUT2D eigenvalue weighted by Gasteiger charge is -2.00. The van der Waals surface area contributed by atoms with Crippen molar-refractivity contribution in [2.45, 2.75) is 6.54 Å². The highest BCUT2D eigenvalue weighted by Crippen LogP contribution is 2.29. The van der Waals surface area contributed by atoms with Crippen molar-refractivity contribution in [3.05, 3.63) is 59.5 Å². The van der Waals surface area contributed by atoms with Gasteiger partial charge in [-0.1, -0.05) is 36.4 Å². The topological polar surface area (TPSA) is 64.9 Å². The first-order valence-electron chi connectivity index (χ1n) is 6.37. The summed E-state index contributed by atoms with van der Waals surface area (Å²) in [5.74, 6) is 0. The first kappa shape index (κ1) is 12.8. The summed E-state index contributed by atoms with van der Waals surface area (Å²) < 4.78 is 0. The number of nitrogens with zero attached hydrogens (tertiary/aromatic N) is 1. The first-order valence-corrected chi connectivity index (χ1v) is 7.25. The smallest absolute Gasteiger partial charge is 0.124 e. The summed E-state index contributed by atoms with van der Waals surface area (Å²) in [6.07, 6.45) is 0. The van der Waals surface area contributed by atoms with Crippen molar-refractivity contribution in [1.82, 2.24) is 4.98 Å². The van der Waals surface area contributed by atoms with Crippen LogP contribution < -0.4 is 11.5 Å². The van der Waals surface area contributed by atoms with Gasteiger partial charge < -0.3 is 11.5 Å². The maximum atomic E-state index is 5.81. The van der Waals surface area contributed by atoms with Crippen molar-refractivity contribution in [2.24, 2.45) is 5.73 Å². The van der Waals surface area contributed by atoms with Crippen LogP contribution in [0.4, 0.5) is 5.69 Å². The summed E-state index contributed by atoms with van der Waals surface area (Å²) in [5.41, 5.74) is 16.4. The summed E-state index contributed by atoms with van der Waals surface area (Å²) in [5, 5.41) is 3.06. The summed E-state index contributed by atoms with van der Waals surface area (Å²) in [4.78, 5) is 4.68. The summed E-state index contributed by atoms with van der Waals surface area (Å²) in [7, 11) is 0. The number of nitrogen functional groups attached to an aromatic ring is 1. The Balaban J connectivity index is 1.93. The standard InChI is InChI=1S/C16H15N3S/c17-9-11-4-6-12(7-5-11)16-19-15(10-20-16)13-2-1-3-14(18)8-13/h1-8,10H,9,17-18H2. The molecular formula is C16H15N3S. The molecule has 0 unspecified atom stereocenters. The number of benzene rings is 2. The maximum Gasteiger partial charge on any atom is 0.124 e. The molecule has 3 rings (SSSR count). The van der Waals surface area contributed by atoms with E-state index >= 15 is 0 Å². The van der Waals surface area contributed by atoms with Crippen molar-refractivity contribution in [1.29, 1.82) is 0 Å². The molecule has 20 heavy (non-hydrogen) atoms. The Morgan fingerprint density at radius 2 is 1.80 bits per heavy atom. The molecule has 1 heterocycles. The Morgan fingerprint density at radius 3 is 2.50 bits per heavy atom. The minimum atomic E-state index is 0.562. The molecule has 0 fully saturated rings.